The van der Waals surface area contributed by atoms with Crippen LogP contribution in [0.2, 0.25) is 0 Å². The van der Waals surface area contributed by atoms with E-state index in [2.05, 4.69) is 10.2 Å². The SMILES string of the molecule is S.[2H][C@@]1(N2Cc3c(OCc4cccc(CN5CCOCC5)c4F)cccc3C2=O)CCC(=O)NC1=O. The van der Waals surface area contributed by atoms with Crippen LogP contribution in [0.15, 0.2) is 36.4 Å². The Hall–Kier alpha value is -2.95. The number of ether oxygens (including phenoxy) is 2. The first kappa shape index (κ1) is 23.8. The van der Waals surface area contributed by atoms with Gasteiger partial charge in [0.1, 0.15) is 24.2 Å². The summed E-state index contributed by atoms with van der Waals surface area (Å²) in [6, 6.07) is 8.31. The molecule has 0 bridgehead atoms. The highest BCUT2D eigenvalue weighted by Gasteiger charge is 2.40. The first-order valence-corrected chi connectivity index (χ1v) is 11.3. The highest BCUT2D eigenvalue weighted by Crippen LogP contribution is 2.34. The van der Waals surface area contributed by atoms with Crippen LogP contribution in [0.5, 0.6) is 5.75 Å². The summed E-state index contributed by atoms with van der Waals surface area (Å²) in [5.41, 5.74) is 1.86. The number of amides is 3. The van der Waals surface area contributed by atoms with Crippen LogP contribution in [-0.4, -0.2) is 59.8 Å². The zero-order chi connectivity index (χ0) is 24.6. The lowest BCUT2D eigenvalue weighted by atomic mass is 10.0. The number of piperidine rings is 1. The molecule has 5 rings (SSSR count). The molecule has 0 saturated carbocycles. The van der Waals surface area contributed by atoms with Crippen molar-refractivity contribution in [1.82, 2.24) is 15.1 Å². The van der Waals surface area contributed by atoms with Crippen LogP contribution in [0.3, 0.4) is 0 Å². The van der Waals surface area contributed by atoms with Gasteiger partial charge in [-0.2, -0.15) is 13.5 Å². The van der Waals surface area contributed by atoms with E-state index in [1.54, 1.807) is 36.4 Å². The second kappa shape index (κ2) is 10.8. The van der Waals surface area contributed by atoms with Gasteiger partial charge in [-0.1, -0.05) is 24.3 Å². The number of rotatable bonds is 6. The molecule has 35 heavy (non-hydrogen) atoms. The Kier molecular flexibility index (Phi) is 7.31. The van der Waals surface area contributed by atoms with Crippen molar-refractivity contribution in [2.75, 3.05) is 26.3 Å². The van der Waals surface area contributed by atoms with Gasteiger partial charge in [-0.15, -0.1) is 0 Å². The van der Waals surface area contributed by atoms with Crippen molar-refractivity contribution < 1.29 is 29.6 Å². The number of halogens is 1. The number of fused-ring (bicyclic) bond motifs is 1. The zero-order valence-corrected chi connectivity index (χ0v) is 20.1. The van der Waals surface area contributed by atoms with E-state index in [1.165, 1.54) is 0 Å². The van der Waals surface area contributed by atoms with Crippen LogP contribution < -0.4 is 10.1 Å². The summed E-state index contributed by atoms with van der Waals surface area (Å²) >= 11 is 0. The topological polar surface area (TPSA) is 88.2 Å². The van der Waals surface area contributed by atoms with Crippen molar-refractivity contribution in [2.45, 2.75) is 38.6 Å². The smallest absolute Gasteiger partial charge is 0.255 e. The number of hydrogen-bond donors (Lipinski definition) is 1. The number of imide groups is 1. The Morgan fingerprint density at radius 2 is 1.86 bits per heavy atom. The molecule has 2 aromatic rings. The van der Waals surface area contributed by atoms with Crippen molar-refractivity contribution in [3.8, 4) is 5.75 Å². The first-order chi connectivity index (χ1) is 16.9. The average Bonchev–Trinajstić information content (AvgIpc) is 3.21. The van der Waals surface area contributed by atoms with Crippen molar-refractivity contribution in [3.63, 3.8) is 0 Å². The Labute approximate surface area is 211 Å². The number of morpholine rings is 1. The van der Waals surface area contributed by atoms with Gasteiger partial charge >= 0.3 is 0 Å². The molecule has 8 nitrogen and oxygen atoms in total. The number of hydrogen-bond acceptors (Lipinski definition) is 6. The van der Waals surface area contributed by atoms with Crippen LogP contribution in [0.25, 0.3) is 0 Å². The van der Waals surface area contributed by atoms with Crippen LogP contribution >= 0.6 is 13.5 Å². The van der Waals surface area contributed by atoms with E-state index in [-0.39, 0.29) is 45.3 Å². The molecule has 10 heteroatoms. The molecule has 2 aromatic carbocycles. The van der Waals surface area contributed by atoms with Crippen molar-refractivity contribution in [2.24, 2.45) is 0 Å². The number of nitrogens with zero attached hydrogens (tertiary/aromatic N) is 2. The lowest BCUT2D eigenvalue weighted by Gasteiger charge is -2.29. The summed E-state index contributed by atoms with van der Waals surface area (Å²) in [5.74, 6) is -1.66. The minimum Gasteiger partial charge on any atom is -0.488 e. The quantitative estimate of drug-likeness (QED) is 0.609. The molecule has 186 valence electrons. The fourth-order valence-electron chi connectivity index (χ4n) is 4.54. The molecule has 0 radical (unpaired) electrons. The highest BCUT2D eigenvalue weighted by atomic mass is 32.1. The van der Waals surface area contributed by atoms with Gasteiger partial charge in [-0.3, -0.25) is 24.6 Å². The molecule has 3 amide bonds. The minimum absolute atomic E-state index is 0. The van der Waals surface area contributed by atoms with Gasteiger partial charge in [0.05, 0.1) is 21.1 Å². The second-order valence-electron chi connectivity index (χ2n) is 8.56. The Morgan fingerprint density at radius 3 is 2.63 bits per heavy atom. The van der Waals surface area contributed by atoms with E-state index in [4.69, 9.17) is 10.8 Å². The summed E-state index contributed by atoms with van der Waals surface area (Å²) < 4.78 is 35.1. The standard InChI is InChI=1S/C25H26FN3O5.H2S/c26-23-16(13-28-9-11-33-12-10-28)3-1-4-17(23)15-34-21-6-2-5-18-19(21)14-29(25(18)32)20-7-8-22(30)27-24(20)31;/h1-6,20H,7-15H2,(H,27,30,31);1H2/t20-;/m1./s1/i20D;. The molecule has 1 N–H and O–H groups in total. The van der Waals surface area contributed by atoms with E-state index in [1.807, 2.05) is 0 Å². The monoisotopic (exact) mass is 502 g/mol. The highest BCUT2D eigenvalue weighted by molar-refractivity contribution is 7.59. The van der Waals surface area contributed by atoms with Gasteiger partial charge in [0.15, 0.2) is 0 Å². The number of carbonyl (C=O) groups is 3. The van der Waals surface area contributed by atoms with Crippen LogP contribution in [0.1, 0.15) is 41.3 Å². The summed E-state index contributed by atoms with van der Waals surface area (Å²) in [5, 5.41) is 2.15. The van der Waals surface area contributed by atoms with Gasteiger partial charge in [-0.05, 0) is 18.6 Å². The van der Waals surface area contributed by atoms with Gasteiger partial charge in [-0.25, -0.2) is 4.39 Å². The molecular formula is C25H28FN3O5S. The lowest BCUT2D eigenvalue weighted by molar-refractivity contribution is -0.136. The number of nitrogens with one attached hydrogen (secondary N) is 1. The molecule has 0 aromatic heterocycles. The van der Waals surface area contributed by atoms with Crippen LogP contribution in [-0.2, 0) is 34.0 Å². The molecule has 3 aliphatic heterocycles. The summed E-state index contributed by atoms with van der Waals surface area (Å²) in [6.45, 7) is 3.23. The zero-order valence-electron chi connectivity index (χ0n) is 20.1. The van der Waals surface area contributed by atoms with Gasteiger partial charge in [0.25, 0.3) is 5.91 Å². The van der Waals surface area contributed by atoms with Gasteiger partial charge in [0.2, 0.25) is 11.8 Å². The van der Waals surface area contributed by atoms with Crippen molar-refractivity contribution in [1.29, 1.82) is 0 Å². The fourth-order valence-corrected chi connectivity index (χ4v) is 4.54. The third kappa shape index (κ3) is 5.19. The Morgan fingerprint density at radius 1 is 1.11 bits per heavy atom. The Bertz CT molecular complexity index is 1190. The molecule has 2 fully saturated rings. The van der Waals surface area contributed by atoms with Crippen LogP contribution in [0, 0.1) is 5.82 Å². The largest absolute Gasteiger partial charge is 0.488 e. The number of carbonyl (C=O) groups excluding carboxylic acids is 3. The van der Waals surface area contributed by atoms with Crippen molar-refractivity contribution >= 4 is 31.2 Å². The van der Waals surface area contributed by atoms with Crippen LogP contribution in [0.4, 0.5) is 4.39 Å². The minimum atomic E-state index is -1.87. The Balaban J connectivity index is 0.00000304. The molecule has 2 saturated heterocycles. The maximum atomic E-state index is 15.2. The van der Waals surface area contributed by atoms with E-state index >= 15 is 4.39 Å². The maximum Gasteiger partial charge on any atom is 0.255 e. The average molecular weight is 503 g/mol. The molecule has 0 spiro atoms. The lowest BCUT2D eigenvalue weighted by Crippen LogP contribution is -2.52. The van der Waals surface area contributed by atoms with E-state index in [0.717, 1.165) is 18.0 Å². The first-order valence-electron chi connectivity index (χ1n) is 11.8. The molecule has 1 atom stereocenters. The summed E-state index contributed by atoms with van der Waals surface area (Å²) in [4.78, 5) is 40.3. The third-order valence-corrected chi connectivity index (χ3v) is 6.39. The van der Waals surface area contributed by atoms with Gasteiger partial charge < -0.3 is 14.4 Å². The van der Waals surface area contributed by atoms with E-state index < -0.39 is 23.7 Å². The maximum absolute atomic E-state index is 15.2. The predicted molar refractivity (Wildman–Crippen MR) is 130 cm³/mol. The molecule has 3 heterocycles. The third-order valence-electron chi connectivity index (χ3n) is 6.39. The molecule has 0 unspecified atom stereocenters. The summed E-state index contributed by atoms with van der Waals surface area (Å²) in [6.07, 6.45) is -0.0898. The fraction of sp³-hybridized carbons (Fsp3) is 0.400. The molecule has 0 aliphatic carbocycles. The number of benzene rings is 2. The van der Waals surface area contributed by atoms with Gasteiger partial charge in [0, 0.05) is 48.3 Å². The normalized spacial score (nSPS) is 22.8. The molecule has 3 aliphatic rings. The van der Waals surface area contributed by atoms with E-state index in [0.29, 0.717) is 47.8 Å². The molecular weight excluding hydrogens is 473 g/mol. The second-order valence-corrected chi connectivity index (χ2v) is 8.56. The summed E-state index contributed by atoms with van der Waals surface area (Å²) in [7, 11) is 0. The van der Waals surface area contributed by atoms with Crippen molar-refractivity contribution in [3.05, 3.63) is 64.5 Å². The predicted octanol–water partition coefficient (Wildman–Crippen LogP) is 2.11. The van der Waals surface area contributed by atoms with E-state index in [9.17, 15) is 14.4 Å².